The summed E-state index contributed by atoms with van der Waals surface area (Å²) >= 11 is 0. The maximum atomic E-state index is 13.7. The number of nitrogens with one attached hydrogen (secondary N) is 3. The molecule has 2 aliphatic heterocycles. The van der Waals surface area contributed by atoms with Gasteiger partial charge in [-0.1, -0.05) is 57.2 Å². The number of sulfonamides is 1. The van der Waals surface area contributed by atoms with Crippen LogP contribution in [0.25, 0.3) is 21.9 Å². The van der Waals surface area contributed by atoms with E-state index in [0.717, 1.165) is 66.0 Å². The van der Waals surface area contributed by atoms with E-state index in [1.807, 2.05) is 69.4 Å². The number of aldehydes is 1. The van der Waals surface area contributed by atoms with E-state index in [2.05, 4.69) is 26.3 Å². The molecular weight excluding hydrogens is 685 g/mol. The molecule has 2 aliphatic rings. The number of rotatable bonds is 11. The molecule has 3 heterocycles. The van der Waals surface area contributed by atoms with Gasteiger partial charge in [0.2, 0.25) is 0 Å². The molecule has 4 aromatic rings. The van der Waals surface area contributed by atoms with Gasteiger partial charge in [-0.3, -0.25) is 19.5 Å². The predicted molar refractivity (Wildman–Crippen MR) is 202 cm³/mol. The quantitative estimate of drug-likeness (QED) is 0.174. The molecular formula is C38H46N6O7S. The summed E-state index contributed by atoms with van der Waals surface area (Å²) in [5.74, 6) is 0.100. The Morgan fingerprint density at radius 3 is 2.19 bits per heavy atom. The first kappa shape index (κ1) is 37.2. The monoisotopic (exact) mass is 730 g/mol. The van der Waals surface area contributed by atoms with Crippen molar-refractivity contribution in [3.05, 3.63) is 78.1 Å². The number of morpholine rings is 2. The molecule has 14 heteroatoms. The third-order valence-corrected chi connectivity index (χ3v) is 10.8. The van der Waals surface area contributed by atoms with E-state index < -0.39 is 26.8 Å². The highest BCUT2D eigenvalue weighted by atomic mass is 32.2. The first-order chi connectivity index (χ1) is 25.0. The molecule has 6 rings (SSSR count). The number of benzene rings is 3. The van der Waals surface area contributed by atoms with E-state index >= 15 is 0 Å². The number of methoxy groups -OCH3 is 1. The molecule has 0 radical (unpaired) electrons. The Hall–Kier alpha value is -4.60. The van der Waals surface area contributed by atoms with Crippen LogP contribution in [-0.2, 0) is 36.3 Å². The van der Waals surface area contributed by atoms with E-state index in [1.165, 1.54) is 7.11 Å². The van der Waals surface area contributed by atoms with Crippen molar-refractivity contribution < 1.29 is 32.2 Å². The van der Waals surface area contributed by atoms with E-state index in [1.54, 1.807) is 17.0 Å². The standard InChI is InChI=1S/C38H46N6O7S/c1-38(2,3)27-21-33(36(49-4)34(22-27)42-52(47,48)35(25-45)44-15-19-51-20-16-44)41-37(46)40-32-12-11-29(30-7-5-6-8-31(30)32)26-9-10-28(39-23-26)24-43-13-17-50-18-14-43/h5-12,21-23,25,35,42H,13-20,24H2,1-4H3,(H2,40,41,46). The fourth-order valence-corrected chi connectivity index (χ4v) is 7.78. The maximum Gasteiger partial charge on any atom is 0.323 e. The molecule has 0 bridgehead atoms. The van der Waals surface area contributed by atoms with Gasteiger partial charge in [0.15, 0.2) is 17.4 Å². The predicted octanol–water partition coefficient (Wildman–Crippen LogP) is 5.28. The first-order valence-corrected chi connectivity index (χ1v) is 18.9. The SMILES string of the molecule is COc1c(NC(=O)Nc2ccc(-c3ccc(CN4CCOCC4)nc3)c3ccccc23)cc(C(C)(C)C)cc1NS(=O)(=O)C(C=O)N1CCOCC1. The van der Waals surface area contributed by atoms with Crippen molar-refractivity contribution in [3.63, 3.8) is 0 Å². The van der Waals surface area contributed by atoms with Gasteiger partial charge in [0.1, 0.15) is 0 Å². The summed E-state index contributed by atoms with van der Waals surface area (Å²) in [6.45, 7) is 11.2. The smallest absolute Gasteiger partial charge is 0.323 e. The van der Waals surface area contributed by atoms with Gasteiger partial charge in [-0.2, -0.15) is 0 Å². The Kier molecular flexibility index (Phi) is 11.4. The molecule has 0 aliphatic carbocycles. The molecule has 13 nitrogen and oxygen atoms in total. The number of hydrogen-bond acceptors (Lipinski definition) is 10. The number of hydrogen-bond donors (Lipinski definition) is 3. The molecule has 2 fully saturated rings. The summed E-state index contributed by atoms with van der Waals surface area (Å²) in [4.78, 5) is 34.4. The zero-order valence-corrected chi connectivity index (χ0v) is 30.8. The van der Waals surface area contributed by atoms with Gasteiger partial charge >= 0.3 is 6.03 Å². The van der Waals surface area contributed by atoms with Gasteiger partial charge < -0.3 is 29.6 Å². The highest BCUT2D eigenvalue weighted by Crippen LogP contribution is 2.40. The lowest BCUT2D eigenvalue weighted by Crippen LogP contribution is -2.49. The number of nitrogens with zero attached hydrogens (tertiary/aromatic N) is 3. The van der Waals surface area contributed by atoms with Crippen LogP contribution in [0.5, 0.6) is 5.75 Å². The van der Waals surface area contributed by atoms with Gasteiger partial charge in [0.05, 0.1) is 56.3 Å². The summed E-state index contributed by atoms with van der Waals surface area (Å²) in [6, 6.07) is 18.6. The van der Waals surface area contributed by atoms with Crippen LogP contribution in [0.2, 0.25) is 0 Å². The second-order valence-electron chi connectivity index (χ2n) is 13.9. The van der Waals surface area contributed by atoms with Crippen LogP contribution in [0.3, 0.4) is 0 Å². The number of pyridine rings is 1. The highest BCUT2D eigenvalue weighted by Gasteiger charge is 2.34. The average molecular weight is 731 g/mol. The molecule has 0 saturated carbocycles. The molecule has 2 amide bonds. The minimum Gasteiger partial charge on any atom is -0.492 e. The largest absolute Gasteiger partial charge is 0.492 e. The molecule has 3 N–H and O–H groups in total. The molecule has 2 saturated heterocycles. The summed E-state index contributed by atoms with van der Waals surface area (Å²) in [7, 11) is -2.85. The molecule has 276 valence electrons. The van der Waals surface area contributed by atoms with Gasteiger partial charge in [-0.05, 0) is 46.2 Å². The molecule has 52 heavy (non-hydrogen) atoms. The molecule has 1 atom stereocenters. The van der Waals surface area contributed by atoms with Crippen molar-refractivity contribution >= 4 is 50.2 Å². The van der Waals surface area contributed by atoms with Crippen molar-refractivity contribution in [2.45, 2.75) is 38.1 Å². The van der Waals surface area contributed by atoms with Crippen molar-refractivity contribution in [2.75, 3.05) is 75.1 Å². The minimum absolute atomic E-state index is 0.100. The normalized spacial score (nSPS) is 16.6. The third-order valence-electron chi connectivity index (χ3n) is 9.30. The van der Waals surface area contributed by atoms with Crippen LogP contribution in [0.1, 0.15) is 32.0 Å². The Morgan fingerprint density at radius 1 is 0.904 bits per heavy atom. The van der Waals surface area contributed by atoms with Crippen LogP contribution in [0.15, 0.2) is 66.9 Å². The van der Waals surface area contributed by atoms with Gasteiger partial charge in [0, 0.05) is 49.9 Å². The number of urea groups is 1. The van der Waals surface area contributed by atoms with Crippen LogP contribution in [0.4, 0.5) is 21.9 Å². The lowest BCUT2D eigenvalue weighted by Gasteiger charge is -2.31. The number of aromatic nitrogens is 1. The van der Waals surface area contributed by atoms with Crippen molar-refractivity contribution in [2.24, 2.45) is 0 Å². The number of carbonyl (C=O) groups excluding carboxylic acids is 2. The van der Waals surface area contributed by atoms with E-state index in [0.29, 0.717) is 38.3 Å². The van der Waals surface area contributed by atoms with Crippen LogP contribution < -0.4 is 20.1 Å². The third kappa shape index (κ3) is 8.54. The molecule has 0 spiro atoms. The lowest BCUT2D eigenvalue weighted by molar-refractivity contribution is -0.111. The zero-order chi connectivity index (χ0) is 36.9. The maximum absolute atomic E-state index is 13.7. The Bertz CT molecular complexity index is 2010. The lowest BCUT2D eigenvalue weighted by atomic mass is 9.86. The van der Waals surface area contributed by atoms with Gasteiger partial charge in [0.25, 0.3) is 10.0 Å². The average Bonchev–Trinajstić information content (AvgIpc) is 3.12. The topological polar surface area (TPSA) is 151 Å². The Balaban J connectivity index is 1.25. The highest BCUT2D eigenvalue weighted by molar-refractivity contribution is 7.93. The molecule has 1 unspecified atom stereocenters. The summed E-state index contributed by atoms with van der Waals surface area (Å²) in [5, 5.41) is 6.19. The van der Waals surface area contributed by atoms with Crippen molar-refractivity contribution in [1.82, 2.24) is 14.8 Å². The number of carbonyl (C=O) groups is 2. The van der Waals surface area contributed by atoms with Crippen molar-refractivity contribution in [3.8, 4) is 16.9 Å². The fraction of sp³-hybridized carbons (Fsp3) is 0.395. The van der Waals surface area contributed by atoms with E-state index in [9.17, 15) is 18.0 Å². The van der Waals surface area contributed by atoms with E-state index in [4.69, 9.17) is 19.2 Å². The fourth-order valence-electron chi connectivity index (χ4n) is 6.45. The van der Waals surface area contributed by atoms with Crippen LogP contribution >= 0.6 is 0 Å². The Labute approximate surface area is 304 Å². The number of anilines is 3. The molecule has 1 aromatic heterocycles. The van der Waals surface area contributed by atoms with Gasteiger partial charge in [-0.25, -0.2) is 13.2 Å². The zero-order valence-electron chi connectivity index (χ0n) is 30.0. The van der Waals surface area contributed by atoms with Crippen LogP contribution in [0, 0.1) is 0 Å². The number of fused-ring (bicyclic) bond motifs is 1. The van der Waals surface area contributed by atoms with Gasteiger partial charge in [-0.15, -0.1) is 0 Å². The van der Waals surface area contributed by atoms with Crippen LogP contribution in [-0.4, -0.2) is 101 Å². The molecule has 3 aromatic carbocycles. The first-order valence-electron chi connectivity index (χ1n) is 17.3. The Morgan fingerprint density at radius 2 is 1.56 bits per heavy atom. The number of amides is 2. The number of ether oxygens (including phenoxy) is 3. The summed E-state index contributed by atoms with van der Waals surface area (Å²) in [5.41, 5.74) is 4.17. The second kappa shape index (κ2) is 16.0. The van der Waals surface area contributed by atoms with E-state index in [-0.39, 0.29) is 17.1 Å². The second-order valence-corrected chi connectivity index (χ2v) is 15.7. The summed E-state index contributed by atoms with van der Waals surface area (Å²) < 4.78 is 46.3. The summed E-state index contributed by atoms with van der Waals surface area (Å²) in [6.07, 6.45) is 2.30. The van der Waals surface area contributed by atoms with Crippen molar-refractivity contribution in [1.29, 1.82) is 0 Å². The minimum atomic E-state index is -4.24.